The zero-order valence-corrected chi connectivity index (χ0v) is 8.54. The summed E-state index contributed by atoms with van der Waals surface area (Å²) in [5, 5.41) is 5.73. The van der Waals surface area contributed by atoms with Crippen LogP contribution in [0.2, 0.25) is 0 Å². The van der Waals surface area contributed by atoms with E-state index in [-0.39, 0.29) is 5.91 Å². The maximum atomic E-state index is 11.1. The number of hydrogen-bond donors (Lipinski definition) is 2. The molecule has 1 aromatic heterocycles. The second-order valence-electron chi connectivity index (χ2n) is 2.45. The Balaban J connectivity index is 2.52. The van der Waals surface area contributed by atoms with E-state index in [0.29, 0.717) is 12.2 Å². The summed E-state index contributed by atoms with van der Waals surface area (Å²) < 4.78 is 0. The monoisotopic (exact) mass is 201 g/mol. The number of rotatable bonds is 3. The molecule has 1 aromatic rings. The van der Waals surface area contributed by atoms with Crippen molar-refractivity contribution in [1.82, 2.24) is 0 Å². The van der Waals surface area contributed by atoms with Crippen molar-refractivity contribution in [3.05, 3.63) is 17.0 Å². The molecule has 1 amide bonds. The Labute approximate surface area is 81.4 Å². The van der Waals surface area contributed by atoms with Gasteiger partial charge in [0.05, 0.1) is 5.00 Å². The van der Waals surface area contributed by atoms with Crippen LogP contribution in [0.1, 0.15) is 12.0 Å². The first-order valence-corrected chi connectivity index (χ1v) is 5.20. The van der Waals surface area contributed by atoms with Gasteiger partial charge in [-0.15, -0.1) is 11.3 Å². The lowest BCUT2D eigenvalue weighted by atomic mass is 10.3. The van der Waals surface area contributed by atoms with Crippen LogP contribution >= 0.6 is 24.0 Å². The van der Waals surface area contributed by atoms with Crippen LogP contribution < -0.4 is 5.32 Å². The van der Waals surface area contributed by atoms with Gasteiger partial charge in [-0.05, 0) is 29.7 Å². The standard InChI is InChI=1S/C8H11NOS2/c1-6-3-5-12-8(6)9-7(10)2-4-11/h3,5,11H,2,4H2,1H3,(H,9,10). The van der Waals surface area contributed by atoms with Crippen molar-refractivity contribution in [2.24, 2.45) is 0 Å². The van der Waals surface area contributed by atoms with Crippen molar-refractivity contribution in [1.29, 1.82) is 0 Å². The van der Waals surface area contributed by atoms with E-state index in [2.05, 4.69) is 17.9 Å². The van der Waals surface area contributed by atoms with Crippen LogP contribution in [0.3, 0.4) is 0 Å². The van der Waals surface area contributed by atoms with Crippen LogP contribution in [-0.2, 0) is 4.79 Å². The van der Waals surface area contributed by atoms with Crippen molar-refractivity contribution < 1.29 is 4.79 Å². The number of nitrogens with one attached hydrogen (secondary N) is 1. The summed E-state index contributed by atoms with van der Waals surface area (Å²) in [6.45, 7) is 1.98. The smallest absolute Gasteiger partial charge is 0.225 e. The zero-order valence-electron chi connectivity index (χ0n) is 6.83. The van der Waals surface area contributed by atoms with E-state index < -0.39 is 0 Å². The summed E-state index contributed by atoms with van der Waals surface area (Å²) in [6.07, 6.45) is 0.473. The number of anilines is 1. The molecule has 0 aliphatic carbocycles. The molecule has 0 saturated heterocycles. The van der Waals surface area contributed by atoms with E-state index in [1.165, 1.54) is 0 Å². The van der Waals surface area contributed by atoms with Crippen molar-refractivity contribution in [2.75, 3.05) is 11.1 Å². The Morgan fingerprint density at radius 3 is 3.00 bits per heavy atom. The SMILES string of the molecule is Cc1ccsc1NC(=O)CCS. The maximum absolute atomic E-state index is 11.1. The van der Waals surface area contributed by atoms with Gasteiger partial charge in [-0.3, -0.25) is 4.79 Å². The Hall–Kier alpha value is -0.480. The molecule has 1 rings (SSSR count). The molecule has 4 heteroatoms. The Morgan fingerprint density at radius 1 is 1.75 bits per heavy atom. The van der Waals surface area contributed by atoms with Gasteiger partial charge in [0.1, 0.15) is 0 Å². The van der Waals surface area contributed by atoms with Crippen LogP contribution in [0, 0.1) is 6.92 Å². The molecule has 1 N–H and O–H groups in total. The predicted molar refractivity (Wildman–Crippen MR) is 56.2 cm³/mol. The highest BCUT2D eigenvalue weighted by atomic mass is 32.1. The van der Waals surface area contributed by atoms with E-state index in [0.717, 1.165) is 10.6 Å². The second kappa shape index (κ2) is 4.52. The molecule has 0 aliphatic heterocycles. The Bertz CT molecular complexity index is 270. The van der Waals surface area contributed by atoms with Crippen molar-refractivity contribution in [2.45, 2.75) is 13.3 Å². The summed E-state index contributed by atoms with van der Waals surface area (Å²) in [5.74, 6) is 0.631. The first-order valence-electron chi connectivity index (χ1n) is 3.69. The van der Waals surface area contributed by atoms with Gasteiger partial charge in [0, 0.05) is 6.42 Å². The Kier molecular flexibility index (Phi) is 3.62. The van der Waals surface area contributed by atoms with Gasteiger partial charge in [0.25, 0.3) is 0 Å². The Morgan fingerprint density at radius 2 is 2.50 bits per heavy atom. The van der Waals surface area contributed by atoms with Gasteiger partial charge >= 0.3 is 0 Å². The van der Waals surface area contributed by atoms with E-state index >= 15 is 0 Å². The van der Waals surface area contributed by atoms with Gasteiger partial charge in [-0.2, -0.15) is 12.6 Å². The third-order valence-corrected chi connectivity index (χ3v) is 2.61. The molecular weight excluding hydrogens is 190 g/mol. The van der Waals surface area contributed by atoms with Crippen LogP contribution in [0.5, 0.6) is 0 Å². The normalized spacial score (nSPS) is 9.83. The average molecular weight is 201 g/mol. The molecule has 0 aliphatic rings. The summed E-state index contributed by atoms with van der Waals surface area (Å²) in [7, 11) is 0. The molecule has 0 fully saturated rings. The number of hydrogen-bond acceptors (Lipinski definition) is 3. The number of aryl methyl sites for hydroxylation is 1. The summed E-state index contributed by atoms with van der Waals surface area (Å²) in [4.78, 5) is 11.1. The highest BCUT2D eigenvalue weighted by Crippen LogP contribution is 2.21. The molecule has 66 valence electrons. The van der Waals surface area contributed by atoms with Gasteiger partial charge < -0.3 is 5.32 Å². The molecule has 2 nitrogen and oxygen atoms in total. The lowest BCUT2D eigenvalue weighted by Crippen LogP contribution is -2.11. The van der Waals surface area contributed by atoms with E-state index in [1.807, 2.05) is 18.4 Å². The lowest BCUT2D eigenvalue weighted by molar-refractivity contribution is -0.115. The number of carbonyl (C=O) groups excluding carboxylic acids is 1. The predicted octanol–water partition coefficient (Wildman–Crippen LogP) is 2.31. The van der Waals surface area contributed by atoms with E-state index in [9.17, 15) is 4.79 Å². The number of amides is 1. The summed E-state index contributed by atoms with van der Waals surface area (Å²) in [6, 6.07) is 1.99. The number of thiol groups is 1. The lowest BCUT2D eigenvalue weighted by Gasteiger charge is -2.01. The minimum atomic E-state index is 0.0375. The highest BCUT2D eigenvalue weighted by molar-refractivity contribution is 7.80. The fourth-order valence-electron chi connectivity index (χ4n) is 0.791. The number of carbonyl (C=O) groups is 1. The molecule has 0 bridgehead atoms. The van der Waals surface area contributed by atoms with E-state index in [1.54, 1.807) is 11.3 Å². The van der Waals surface area contributed by atoms with Crippen molar-refractivity contribution in [3.63, 3.8) is 0 Å². The average Bonchev–Trinajstić information content (AvgIpc) is 2.37. The summed E-state index contributed by atoms with van der Waals surface area (Å²) in [5.41, 5.74) is 1.12. The van der Waals surface area contributed by atoms with Gasteiger partial charge in [-0.1, -0.05) is 0 Å². The third kappa shape index (κ3) is 2.53. The highest BCUT2D eigenvalue weighted by Gasteiger charge is 2.03. The molecule has 0 spiro atoms. The van der Waals surface area contributed by atoms with Crippen LogP contribution in [0.15, 0.2) is 11.4 Å². The first kappa shape index (κ1) is 9.61. The van der Waals surface area contributed by atoms with Crippen molar-refractivity contribution in [3.8, 4) is 0 Å². The fraction of sp³-hybridized carbons (Fsp3) is 0.375. The van der Waals surface area contributed by atoms with Gasteiger partial charge in [-0.25, -0.2) is 0 Å². The quantitative estimate of drug-likeness (QED) is 0.722. The maximum Gasteiger partial charge on any atom is 0.225 e. The second-order valence-corrected chi connectivity index (χ2v) is 3.82. The van der Waals surface area contributed by atoms with Gasteiger partial charge in [0.2, 0.25) is 5.91 Å². The first-order chi connectivity index (χ1) is 5.74. The summed E-state index contributed by atoms with van der Waals surface area (Å²) >= 11 is 5.53. The number of thiophene rings is 1. The molecule has 1 heterocycles. The van der Waals surface area contributed by atoms with Crippen LogP contribution in [0.25, 0.3) is 0 Å². The van der Waals surface area contributed by atoms with Crippen molar-refractivity contribution >= 4 is 34.9 Å². The topological polar surface area (TPSA) is 29.1 Å². The molecule has 12 heavy (non-hydrogen) atoms. The molecule has 0 saturated carbocycles. The fourth-order valence-corrected chi connectivity index (χ4v) is 1.83. The molecule has 0 radical (unpaired) electrons. The third-order valence-electron chi connectivity index (χ3n) is 1.45. The minimum Gasteiger partial charge on any atom is -0.317 e. The zero-order chi connectivity index (χ0) is 8.97. The minimum absolute atomic E-state index is 0.0375. The molecule has 0 unspecified atom stereocenters. The van der Waals surface area contributed by atoms with E-state index in [4.69, 9.17) is 0 Å². The largest absolute Gasteiger partial charge is 0.317 e. The molecule has 0 aromatic carbocycles. The molecule has 0 atom stereocenters. The van der Waals surface area contributed by atoms with Gasteiger partial charge in [0.15, 0.2) is 0 Å². The van der Waals surface area contributed by atoms with Crippen LogP contribution in [-0.4, -0.2) is 11.7 Å². The molecular formula is C8H11NOS2. The van der Waals surface area contributed by atoms with Crippen LogP contribution in [0.4, 0.5) is 5.00 Å².